The fourth-order valence-corrected chi connectivity index (χ4v) is 1.81. The average molecular weight is 210 g/mol. The van der Waals surface area contributed by atoms with E-state index < -0.39 is 0 Å². The van der Waals surface area contributed by atoms with Gasteiger partial charge < -0.3 is 0 Å². The first-order valence-corrected chi connectivity index (χ1v) is 5.71. The van der Waals surface area contributed by atoms with E-state index in [0.29, 0.717) is 11.5 Å². The first kappa shape index (κ1) is 11.2. The molecule has 1 rings (SSSR count). The van der Waals surface area contributed by atoms with Gasteiger partial charge in [0.15, 0.2) is 6.29 Å². The van der Waals surface area contributed by atoms with Crippen molar-refractivity contribution < 1.29 is 4.79 Å². The van der Waals surface area contributed by atoms with Crippen molar-refractivity contribution in [3.8, 4) is 0 Å². The molecule has 1 aromatic heterocycles. The van der Waals surface area contributed by atoms with Crippen molar-refractivity contribution in [2.75, 3.05) is 5.75 Å². The lowest BCUT2D eigenvalue weighted by Crippen LogP contribution is -1.96. The van der Waals surface area contributed by atoms with Crippen LogP contribution in [-0.4, -0.2) is 22.0 Å². The summed E-state index contributed by atoms with van der Waals surface area (Å²) in [7, 11) is 0. The summed E-state index contributed by atoms with van der Waals surface area (Å²) >= 11 is 1.81. The van der Waals surface area contributed by atoms with Crippen LogP contribution in [0.4, 0.5) is 0 Å². The van der Waals surface area contributed by atoms with Gasteiger partial charge in [0.25, 0.3) is 0 Å². The minimum absolute atomic E-state index is 0.530. The van der Waals surface area contributed by atoms with Gasteiger partial charge in [0.1, 0.15) is 5.82 Å². The fourth-order valence-electron chi connectivity index (χ4n) is 0.886. The Morgan fingerprint density at radius 1 is 1.43 bits per heavy atom. The van der Waals surface area contributed by atoms with Gasteiger partial charge in [0.2, 0.25) is 0 Å². The molecule has 0 bridgehead atoms. The fraction of sp³-hybridized carbons (Fsp3) is 0.500. The van der Waals surface area contributed by atoms with Gasteiger partial charge in [-0.3, -0.25) is 4.79 Å². The number of thioether (sulfide) groups is 1. The van der Waals surface area contributed by atoms with Crippen molar-refractivity contribution in [1.82, 2.24) is 9.97 Å². The summed E-state index contributed by atoms with van der Waals surface area (Å²) in [4.78, 5) is 18.5. The van der Waals surface area contributed by atoms with E-state index >= 15 is 0 Å². The van der Waals surface area contributed by atoms with Gasteiger partial charge in [0, 0.05) is 12.4 Å². The van der Waals surface area contributed by atoms with Crippen molar-refractivity contribution in [2.45, 2.75) is 19.6 Å². The predicted octanol–water partition coefficient (Wildman–Crippen LogP) is 2.18. The third kappa shape index (κ3) is 3.87. The molecule has 0 amide bonds. The van der Waals surface area contributed by atoms with Crippen molar-refractivity contribution >= 4 is 18.0 Å². The smallest absolute Gasteiger partial charge is 0.153 e. The third-order valence-corrected chi connectivity index (χ3v) is 2.91. The first-order chi connectivity index (χ1) is 6.72. The highest BCUT2D eigenvalue weighted by Crippen LogP contribution is 2.11. The maximum Gasteiger partial charge on any atom is 0.153 e. The predicted molar refractivity (Wildman–Crippen MR) is 58.4 cm³/mol. The molecule has 0 fully saturated rings. The van der Waals surface area contributed by atoms with Gasteiger partial charge in [0.05, 0.1) is 11.3 Å². The normalized spacial score (nSPS) is 10.5. The number of hydrogen-bond donors (Lipinski definition) is 0. The summed E-state index contributed by atoms with van der Waals surface area (Å²) in [6, 6.07) is 0. The summed E-state index contributed by atoms with van der Waals surface area (Å²) in [5.41, 5.74) is 0.530. The van der Waals surface area contributed by atoms with Crippen LogP contribution in [0.1, 0.15) is 30.0 Å². The van der Waals surface area contributed by atoms with Crippen LogP contribution >= 0.6 is 11.8 Å². The van der Waals surface area contributed by atoms with E-state index in [4.69, 9.17) is 0 Å². The molecule has 0 aliphatic heterocycles. The topological polar surface area (TPSA) is 42.9 Å². The zero-order valence-electron chi connectivity index (χ0n) is 8.43. The highest BCUT2D eigenvalue weighted by molar-refractivity contribution is 7.98. The van der Waals surface area contributed by atoms with E-state index in [0.717, 1.165) is 23.6 Å². The molecule has 0 N–H and O–H groups in total. The summed E-state index contributed by atoms with van der Waals surface area (Å²) < 4.78 is 0. The number of aromatic nitrogens is 2. The van der Waals surface area contributed by atoms with E-state index in [2.05, 4.69) is 23.8 Å². The molecule has 4 heteroatoms. The van der Waals surface area contributed by atoms with Crippen LogP contribution in [0, 0.1) is 5.92 Å². The van der Waals surface area contributed by atoms with E-state index in [9.17, 15) is 4.79 Å². The molecule has 1 aromatic rings. The molecule has 0 saturated heterocycles. The number of rotatable bonds is 5. The van der Waals surface area contributed by atoms with Gasteiger partial charge in [-0.25, -0.2) is 9.97 Å². The molecule has 0 aromatic carbocycles. The van der Waals surface area contributed by atoms with Gasteiger partial charge in [-0.15, -0.1) is 0 Å². The zero-order valence-corrected chi connectivity index (χ0v) is 9.25. The summed E-state index contributed by atoms with van der Waals surface area (Å²) in [5, 5.41) is 0. The van der Waals surface area contributed by atoms with E-state index in [1.807, 2.05) is 11.8 Å². The molecule has 0 unspecified atom stereocenters. The van der Waals surface area contributed by atoms with Gasteiger partial charge in [-0.1, -0.05) is 13.8 Å². The van der Waals surface area contributed by atoms with Crippen molar-refractivity contribution in [3.05, 3.63) is 23.8 Å². The Hall–Kier alpha value is -0.900. The van der Waals surface area contributed by atoms with Gasteiger partial charge >= 0.3 is 0 Å². The Labute approximate surface area is 88.3 Å². The van der Waals surface area contributed by atoms with Crippen molar-refractivity contribution in [3.63, 3.8) is 0 Å². The monoisotopic (exact) mass is 210 g/mol. The molecule has 0 aliphatic carbocycles. The Morgan fingerprint density at radius 2 is 2.07 bits per heavy atom. The Morgan fingerprint density at radius 3 is 2.57 bits per heavy atom. The lowest BCUT2D eigenvalue weighted by atomic mass is 10.3. The second-order valence-electron chi connectivity index (χ2n) is 3.46. The van der Waals surface area contributed by atoms with Crippen LogP contribution in [0.5, 0.6) is 0 Å². The zero-order chi connectivity index (χ0) is 10.4. The maximum atomic E-state index is 10.3. The highest BCUT2D eigenvalue weighted by atomic mass is 32.2. The summed E-state index contributed by atoms with van der Waals surface area (Å²) in [6.07, 6.45) is 3.88. The van der Waals surface area contributed by atoms with Gasteiger partial charge in [-0.05, 0) is 11.7 Å². The molecule has 0 radical (unpaired) electrons. The largest absolute Gasteiger partial charge is 0.298 e. The molecule has 1 heterocycles. The average Bonchev–Trinajstić information content (AvgIpc) is 2.18. The summed E-state index contributed by atoms with van der Waals surface area (Å²) in [6.45, 7) is 4.37. The standard InChI is InChI=1S/C10H14N2OS/c1-8(2)6-14-7-10-11-3-9(5-13)4-12-10/h3-5,8H,6-7H2,1-2H3. The first-order valence-electron chi connectivity index (χ1n) is 4.56. The lowest BCUT2D eigenvalue weighted by molar-refractivity contribution is 0.112. The third-order valence-electron chi connectivity index (χ3n) is 1.54. The lowest BCUT2D eigenvalue weighted by Gasteiger charge is -2.03. The summed E-state index contributed by atoms with van der Waals surface area (Å²) in [5.74, 6) is 3.41. The van der Waals surface area contributed by atoms with E-state index in [-0.39, 0.29) is 0 Å². The molecular formula is C10H14N2OS. The molecule has 76 valence electrons. The quantitative estimate of drug-likeness (QED) is 0.699. The Bertz CT molecular complexity index is 285. The molecule has 0 spiro atoms. The number of hydrogen-bond acceptors (Lipinski definition) is 4. The minimum Gasteiger partial charge on any atom is -0.298 e. The van der Waals surface area contributed by atoms with Crippen LogP contribution in [0.25, 0.3) is 0 Å². The Balaban J connectivity index is 2.40. The van der Waals surface area contributed by atoms with Crippen molar-refractivity contribution in [1.29, 1.82) is 0 Å². The minimum atomic E-state index is 0.530. The second-order valence-corrected chi connectivity index (χ2v) is 4.49. The van der Waals surface area contributed by atoms with Crippen molar-refractivity contribution in [2.24, 2.45) is 5.92 Å². The molecule has 0 saturated carbocycles. The van der Waals surface area contributed by atoms with Crippen LogP contribution in [0.2, 0.25) is 0 Å². The molecular weight excluding hydrogens is 196 g/mol. The number of nitrogens with zero attached hydrogens (tertiary/aromatic N) is 2. The van der Waals surface area contributed by atoms with Crippen LogP contribution in [0.15, 0.2) is 12.4 Å². The number of aldehydes is 1. The van der Waals surface area contributed by atoms with Crippen LogP contribution in [-0.2, 0) is 5.75 Å². The van der Waals surface area contributed by atoms with E-state index in [1.54, 1.807) is 12.4 Å². The molecule has 14 heavy (non-hydrogen) atoms. The molecule has 0 aliphatic rings. The maximum absolute atomic E-state index is 10.3. The van der Waals surface area contributed by atoms with Crippen LogP contribution in [0.3, 0.4) is 0 Å². The van der Waals surface area contributed by atoms with Crippen LogP contribution < -0.4 is 0 Å². The van der Waals surface area contributed by atoms with Gasteiger partial charge in [-0.2, -0.15) is 11.8 Å². The second kappa shape index (κ2) is 5.75. The Kier molecular flexibility index (Phi) is 4.59. The van der Waals surface area contributed by atoms with E-state index in [1.165, 1.54) is 0 Å². The molecule has 3 nitrogen and oxygen atoms in total. The molecule has 0 atom stereocenters. The number of carbonyl (C=O) groups excluding carboxylic acids is 1. The SMILES string of the molecule is CC(C)CSCc1ncc(C=O)cn1. The number of carbonyl (C=O) groups is 1. The highest BCUT2D eigenvalue weighted by Gasteiger charge is 1.99.